The van der Waals surface area contributed by atoms with Crippen LogP contribution in [-0.4, -0.2) is 28.0 Å². The highest BCUT2D eigenvalue weighted by molar-refractivity contribution is 6.06. The van der Waals surface area contributed by atoms with E-state index in [0.717, 1.165) is 22.4 Å². The van der Waals surface area contributed by atoms with Gasteiger partial charge in [-0.15, -0.1) is 0 Å². The molecule has 0 saturated heterocycles. The van der Waals surface area contributed by atoms with E-state index in [1.165, 1.54) is 6.92 Å². The van der Waals surface area contributed by atoms with E-state index < -0.39 is 0 Å². The third-order valence-corrected chi connectivity index (χ3v) is 3.99. The van der Waals surface area contributed by atoms with Crippen molar-refractivity contribution in [1.29, 1.82) is 0 Å². The maximum Gasteiger partial charge on any atom is 0.308 e. The van der Waals surface area contributed by atoms with Crippen molar-refractivity contribution in [3.8, 4) is 17.1 Å². The van der Waals surface area contributed by atoms with Crippen molar-refractivity contribution in [1.82, 2.24) is 14.9 Å². The van der Waals surface area contributed by atoms with Gasteiger partial charge < -0.3 is 14.6 Å². The second-order valence-corrected chi connectivity index (χ2v) is 5.64. The van der Waals surface area contributed by atoms with Crippen LogP contribution in [0.3, 0.4) is 0 Å². The van der Waals surface area contributed by atoms with Crippen molar-refractivity contribution in [3.63, 3.8) is 0 Å². The van der Waals surface area contributed by atoms with E-state index in [2.05, 4.69) is 5.32 Å². The topological polar surface area (TPSA) is 73.2 Å². The molecule has 3 aromatic rings. The minimum atomic E-state index is -0.365. The fourth-order valence-corrected chi connectivity index (χ4v) is 3.05. The molecule has 2 aromatic carbocycles. The van der Waals surface area contributed by atoms with Crippen LogP contribution in [0, 0.1) is 0 Å². The second-order valence-electron chi connectivity index (χ2n) is 5.64. The van der Waals surface area contributed by atoms with Crippen LogP contribution in [0.15, 0.2) is 42.5 Å². The number of nitrogens with zero attached hydrogens (tertiary/aromatic N) is 2. The van der Waals surface area contributed by atoms with Crippen LogP contribution in [0.25, 0.3) is 22.4 Å². The number of ether oxygens (including phenoxy) is 1. The second kappa shape index (κ2) is 5.49. The van der Waals surface area contributed by atoms with Crippen LogP contribution < -0.4 is 10.1 Å². The number of hydrogen-bond donors (Lipinski definition) is 1. The summed E-state index contributed by atoms with van der Waals surface area (Å²) in [5.74, 6) is 0.779. The van der Waals surface area contributed by atoms with E-state index in [0.29, 0.717) is 24.4 Å². The smallest absolute Gasteiger partial charge is 0.308 e. The molecule has 0 unspecified atom stereocenters. The molecule has 24 heavy (non-hydrogen) atoms. The maximum atomic E-state index is 12.2. The molecule has 1 aliphatic rings. The van der Waals surface area contributed by atoms with Crippen LogP contribution in [0.1, 0.15) is 17.3 Å². The summed E-state index contributed by atoms with van der Waals surface area (Å²) in [6, 6.07) is 12.8. The van der Waals surface area contributed by atoms with Crippen LogP contribution in [0.2, 0.25) is 0 Å². The lowest BCUT2D eigenvalue weighted by Crippen LogP contribution is -2.24. The molecule has 1 N–H and O–H groups in total. The third kappa shape index (κ3) is 2.32. The Hall–Kier alpha value is -3.15. The Morgan fingerprint density at radius 3 is 2.92 bits per heavy atom. The highest BCUT2D eigenvalue weighted by Gasteiger charge is 2.21. The highest BCUT2D eigenvalue weighted by atomic mass is 16.5. The number of aromatic nitrogens is 2. The predicted octanol–water partition coefficient (Wildman–Crippen LogP) is 2.37. The van der Waals surface area contributed by atoms with E-state index in [9.17, 15) is 9.59 Å². The monoisotopic (exact) mass is 321 g/mol. The number of para-hydroxylation sites is 1. The minimum Gasteiger partial charge on any atom is -0.427 e. The molecule has 0 bridgehead atoms. The van der Waals surface area contributed by atoms with Gasteiger partial charge in [-0.3, -0.25) is 9.59 Å². The zero-order chi connectivity index (χ0) is 16.7. The quantitative estimate of drug-likeness (QED) is 0.581. The van der Waals surface area contributed by atoms with Gasteiger partial charge in [0.1, 0.15) is 11.6 Å². The molecule has 0 fully saturated rings. The fourth-order valence-electron chi connectivity index (χ4n) is 3.05. The normalized spacial score (nSPS) is 13.5. The summed E-state index contributed by atoms with van der Waals surface area (Å²) in [6.45, 7) is 2.54. The molecule has 0 saturated carbocycles. The Morgan fingerprint density at radius 2 is 2.08 bits per heavy atom. The number of carbonyl (C=O) groups excluding carboxylic acids is 2. The molecule has 1 aromatic heterocycles. The third-order valence-electron chi connectivity index (χ3n) is 3.99. The summed E-state index contributed by atoms with van der Waals surface area (Å²) >= 11 is 0. The molecule has 2 heterocycles. The lowest BCUT2D eigenvalue weighted by molar-refractivity contribution is -0.131. The lowest BCUT2D eigenvalue weighted by atomic mass is 10.1. The van der Waals surface area contributed by atoms with Crippen molar-refractivity contribution in [3.05, 3.63) is 48.0 Å². The molecule has 6 heteroatoms. The van der Waals surface area contributed by atoms with Crippen molar-refractivity contribution in [2.24, 2.45) is 0 Å². The summed E-state index contributed by atoms with van der Waals surface area (Å²) in [5, 5.41) is 2.90. The van der Waals surface area contributed by atoms with Crippen LogP contribution in [-0.2, 0) is 11.3 Å². The largest absolute Gasteiger partial charge is 0.427 e. The first-order valence-corrected chi connectivity index (χ1v) is 7.70. The number of hydrogen-bond acceptors (Lipinski definition) is 4. The predicted molar refractivity (Wildman–Crippen MR) is 88.8 cm³/mol. The molecule has 1 amide bonds. The van der Waals surface area contributed by atoms with E-state index >= 15 is 0 Å². The lowest BCUT2D eigenvalue weighted by Gasteiger charge is -2.08. The van der Waals surface area contributed by atoms with Crippen molar-refractivity contribution < 1.29 is 14.3 Å². The van der Waals surface area contributed by atoms with Gasteiger partial charge in [0.25, 0.3) is 5.91 Å². The average molecular weight is 321 g/mol. The average Bonchev–Trinajstić information content (AvgIpc) is 2.84. The molecule has 0 aliphatic carbocycles. The summed E-state index contributed by atoms with van der Waals surface area (Å²) in [6.07, 6.45) is 0. The highest BCUT2D eigenvalue weighted by Crippen LogP contribution is 2.30. The summed E-state index contributed by atoms with van der Waals surface area (Å²) in [7, 11) is 0. The number of carbonyl (C=O) groups is 2. The Balaban J connectivity index is 1.92. The van der Waals surface area contributed by atoms with Gasteiger partial charge >= 0.3 is 5.97 Å². The van der Waals surface area contributed by atoms with Gasteiger partial charge in [0.05, 0.1) is 16.6 Å². The molecule has 0 radical (unpaired) electrons. The number of rotatable bonds is 2. The number of nitrogens with one attached hydrogen (secondary N) is 1. The standard InChI is InChI=1S/C18H15N3O3/c1-11(22)24-13-5-2-4-12(10-13)17-20-15-7-3-6-14-16(15)21(17)9-8-19-18(14)23/h2-7,10H,8-9H2,1H3,(H,19,23). The van der Waals surface area contributed by atoms with Gasteiger partial charge in [0.2, 0.25) is 0 Å². The number of benzene rings is 2. The van der Waals surface area contributed by atoms with Gasteiger partial charge in [-0.2, -0.15) is 0 Å². The Morgan fingerprint density at radius 1 is 1.25 bits per heavy atom. The molecule has 6 nitrogen and oxygen atoms in total. The minimum absolute atomic E-state index is 0.0838. The van der Waals surface area contributed by atoms with Gasteiger partial charge in [0, 0.05) is 25.6 Å². The Labute approximate surface area is 138 Å². The first-order chi connectivity index (χ1) is 11.6. The van der Waals surface area contributed by atoms with Crippen molar-refractivity contribution in [2.45, 2.75) is 13.5 Å². The number of esters is 1. The van der Waals surface area contributed by atoms with Crippen LogP contribution in [0.4, 0.5) is 0 Å². The zero-order valence-corrected chi connectivity index (χ0v) is 13.1. The Bertz CT molecular complexity index is 975. The molecular formula is C18H15N3O3. The Kier molecular flexibility index (Phi) is 3.30. The summed E-state index contributed by atoms with van der Waals surface area (Å²) in [4.78, 5) is 28.1. The molecule has 0 spiro atoms. The van der Waals surface area contributed by atoms with Crippen LogP contribution >= 0.6 is 0 Å². The van der Waals surface area contributed by atoms with E-state index in [-0.39, 0.29) is 11.9 Å². The number of imidazole rings is 1. The van der Waals surface area contributed by atoms with E-state index in [1.807, 2.05) is 28.8 Å². The molecule has 1 aliphatic heterocycles. The van der Waals surface area contributed by atoms with Crippen molar-refractivity contribution in [2.75, 3.05) is 6.54 Å². The molecule has 4 rings (SSSR count). The first kappa shape index (κ1) is 14.4. The van der Waals surface area contributed by atoms with Gasteiger partial charge in [0.15, 0.2) is 0 Å². The SMILES string of the molecule is CC(=O)Oc1cccc(-c2nc3cccc4c3n2CCNC4=O)c1. The summed E-state index contributed by atoms with van der Waals surface area (Å²) in [5.41, 5.74) is 3.07. The van der Waals surface area contributed by atoms with Gasteiger partial charge in [-0.1, -0.05) is 18.2 Å². The van der Waals surface area contributed by atoms with E-state index in [1.54, 1.807) is 18.2 Å². The fraction of sp³-hybridized carbons (Fsp3) is 0.167. The van der Waals surface area contributed by atoms with E-state index in [4.69, 9.17) is 9.72 Å². The number of amides is 1. The maximum absolute atomic E-state index is 12.2. The molecule has 0 atom stereocenters. The zero-order valence-electron chi connectivity index (χ0n) is 13.1. The molecule has 120 valence electrons. The van der Waals surface area contributed by atoms with Crippen LogP contribution in [0.5, 0.6) is 5.75 Å². The van der Waals surface area contributed by atoms with Crippen molar-refractivity contribution >= 4 is 22.9 Å². The van der Waals surface area contributed by atoms with Gasteiger partial charge in [-0.25, -0.2) is 4.98 Å². The molecular weight excluding hydrogens is 306 g/mol. The van der Waals surface area contributed by atoms with Gasteiger partial charge in [-0.05, 0) is 24.3 Å². The first-order valence-electron chi connectivity index (χ1n) is 7.70. The summed E-state index contributed by atoms with van der Waals surface area (Å²) < 4.78 is 7.20.